The third-order valence-electron chi connectivity index (χ3n) is 6.07. The Balaban J connectivity index is 1.33. The summed E-state index contributed by atoms with van der Waals surface area (Å²) in [6, 6.07) is 25.2. The highest BCUT2D eigenvalue weighted by Crippen LogP contribution is 2.32. The van der Waals surface area contributed by atoms with E-state index in [1.165, 1.54) is 5.56 Å². The minimum absolute atomic E-state index is 0.478. The molecule has 0 radical (unpaired) electrons. The lowest BCUT2D eigenvalue weighted by molar-refractivity contribution is 0.189. The number of ether oxygens (including phenoxy) is 2. The number of hydrogen-bond donors (Lipinski definition) is 1. The van der Waals surface area contributed by atoms with Crippen molar-refractivity contribution >= 4 is 11.6 Å². The molecule has 1 aliphatic rings. The van der Waals surface area contributed by atoms with Gasteiger partial charge in [0.2, 0.25) is 0 Å². The molecule has 0 unspecified atom stereocenters. The molecule has 1 fully saturated rings. The van der Waals surface area contributed by atoms with Crippen molar-refractivity contribution in [1.82, 2.24) is 10.2 Å². The molecule has 5 heteroatoms. The van der Waals surface area contributed by atoms with Gasteiger partial charge in [0, 0.05) is 29.7 Å². The molecule has 0 aliphatic carbocycles. The average Bonchev–Trinajstić information content (AvgIpc) is 2.85. The van der Waals surface area contributed by atoms with Gasteiger partial charge in [0.15, 0.2) is 11.5 Å². The maximum atomic E-state index is 6.25. The van der Waals surface area contributed by atoms with Crippen molar-refractivity contribution in [1.29, 1.82) is 0 Å². The summed E-state index contributed by atoms with van der Waals surface area (Å²) in [6.45, 7) is 7.11. The van der Waals surface area contributed by atoms with E-state index in [2.05, 4.69) is 46.6 Å². The number of rotatable bonds is 10. The van der Waals surface area contributed by atoms with Crippen LogP contribution >= 0.6 is 11.6 Å². The number of para-hydroxylation sites is 1. The highest BCUT2D eigenvalue weighted by Gasteiger charge is 2.20. The predicted molar refractivity (Wildman–Crippen MR) is 135 cm³/mol. The lowest BCUT2D eigenvalue weighted by Crippen LogP contribution is -2.41. The molecule has 0 atom stereocenters. The summed E-state index contributed by atoms with van der Waals surface area (Å²) in [5.41, 5.74) is 3.59. The zero-order valence-electron chi connectivity index (χ0n) is 19.3. The second-order valence-corrected chi connectivity index (χ2v) is 8.95. The smallest absolute Gasteiger partial charge is 0.166 e. The van der Waals surface area contributed by atoms with Crippen molar-refractivity contribution in [3.8, 4) is 11.5 Å². The normalized spacial score (nSPS) is 14.8. The molecule has 33 heavy (non-hydrogen) atoms. The van der Waals surface area contributed by atoms with Gasteiger partial charge in [0.05, 0.1) is 6.61 Å². The van der Waals surface area contributed by atoms with E-state index in [0.717, 1.165) is 66.7 Å². The molecule has 1 saturated heterocycles. The van der Waals surface area contributed by atoms with Crippen LogP contribution in [0.25, 0.3) is 0 Å². The van der Waals surface area contributed by atoms with E-state index in [1.54, 1.807) is 0 Å². The summed E-state index contributed by atoms with van der Waals surface area (Å²) in [5, 5.41) is 4.49. The third kappa shape index (κ3) is 6.97. The minimum Gasteiger partial charge on any atom is -0.490 e. The molecule has 0 aromatic heterocycles. The van der Waals surface area contributed by atoms with Crippen molar-refractivity contribution in [3.05, 3.63) is 94.5 Å². The fraction of sp³-hybridized carbons (Fsp3) is 0.357. The summed E-state index contributed by atoms with van der Waals surface area (Å²) in [6.07, 6.45) is 2.30. The van der Waals surface area contributed by atoms with Crippen molar-refractivity contribution in [2.45, 2.75) is 45.5 Å². The molecule has 4 rings (SSSR count). The summed E-state index contributed by atoms with van der Waals surface area (Å²) in [4.78, 5) is 2.55. The van der Waals surface area contributed by atoms with Gasteiger partial charge in [-0.1, -0.05) is 66.2 Å². The van der Waals surface area contributed by atoms with Gasteiger partial charge in [-0.25, -0.2) is 0 Å². The molecule has 1 N–H and O–H groups in total. The quantitative estimate of drug-likeness (QED) is 0.394. The fourth-order valence-corrected chi connectivity index (χ4v) is 4.39. The number of nitrogens with one attached hydrogen (secondary N) is 1. The molecule has 3 aromatic carbocycles. The number of likely N-dealkylation sites (tertiary alicyclic amines) is 1. The number of nitrogens with zero attached hydrogens (tertiary/aromatic N) is 1. The van der Waals surface area contributed by atoms with E-state index < -0.39 is 0 Å². The Morgan fingerprint density at radius 1 is 0.879 bits per heavy atom. The Morgan fingerprint density at radius 3 is 2.36 bits per heavy atom. The first-order valence-corrected chi connectivity index (χ1v) is 12.2. The third-order valence-corrected chi connectivity index (χ3v) is 6.33. The van der Waals surface area contributed by atoms with Crippen molar-refractivity contribution in [2.75, 3.05) is 19.7 Å². The van der Waals surface area contributed by atoms with Crippen LogP contribution in [0.2, 0.25) is 5.02 Å². The van der Waals surface area contributed by atoms with Gasteiger partial charge in [-0.15, -0.1) is 0 Å². The van der Waals surface area contributed by atoms with Gasteiger partial charge >= 0.3 is 0 Å². The molecule has 0 bridgehead atoms. The first kappa shape index (κ1) is 23.6. The maximum Gasteiger partial charge on any atom is 0.166 e. The molecule has 0 amide bonds. The summed E-state index contributed by atoms with van der Waals surface area (Å²) < 4.78 is 12.1. The summed E-state index contributed by atoms with van der Waals surface area (Å²) >= 11 is 6.01. The second kappa shape index (κ2) is 12.1. The molecule has 174 valence electrons. The van der Waals surface area contributed by atoms with Crippen LogP contribution in [0.15, 0.2) is 72.8 Å². The van der Waals surface area contributed by atoms with Crippen LogP contribution in [-0.4, -0.2) is 30.6 Å². The fourth-order valence-electron chi connectivity index (χ4n) is 4.26. The van der Waals surface area contributed by atoms with E-state index in [9.17, 15) is 0 Å². The number of halogens is 1. The predicted octanol–water partition coefficient (Wildman–Crippen LogP) is 6.07. The zero-order chi connectivity index (χ0) is 22.9. The van der Waals surface area contributed by atoms with Crippen LogP contribution in [0.3, 0.4) is 0 Å². The monoisotopic (exact) mass is 464 g/mol. The molecule has 4 nitrogen and oxygen atoms in total. The molecule has 1 aliphatic heterocycles. The Bertz CT molecular complexity index is 987. The molecule has 3 aromatic rings. The van der Waals surface area contributed by atoms with E-state index >= 15 is 0 Å². The average molecular weight is 465 g/mol. The number of benzene rings is 3. The van der Waals surface area contributed by atoms with Crippen LogP contribution in [-0.2, 0) is 19.7 Å². The SMILES string of the molecule is CCOc1cccc(CNC2CCN(Cc3ccccc3)CC2)c1OCc1ccc(Cl)cc1. The van der Waals surface area contributed by atoms with Gasteiger partial charge in [0.25, 0.3) is 0 Å². The Hall–Kier alpha value is -2.53. The lowest BCUT2D eigenvalue weighted by atomic mass is 10.0. The summed E-state index contributed by atoms with van der Waals surface area (Å²) in [7, 11) is 0. The van der Waals surface area contributed by atoms with Gasteiger partial charge in [-0.3, -0.25) is 4.90 Å². The Labute approximate surface area is 202 Å². The number of piperidine rings is 1. The highest BCUT2D eigenvalue weighted by molar-refractivity contribution is 6.30. The highest BCUT2D eigenvalue weighted by atomic mass is 35.5. The maximum absolute atomic E-state index is 6.25. The van der Waals surface area contributed by atoms with E-state index in [4.69, 9.17) is 21.1 Å². The molecular weight excluding hydrogens is 432 g/mol. The topological polar surface area (TPSA) is 33.7 Å². The first-order valence-electron chi connectivity index (χ1n) is 11.8. The number of hydrogen-bond acceptors (Lipinski definition) is 4. The first-order chi connectivity index (χ1) is 16.2. The standard InChI is InChI=1S/C28H33ClN2O2/c1-2-32-27-10-6-9-24(28(27)33-21-23-11-13-25(29)14-12-23)19-30-26-15-17-31(18-16-26)20-22-7-4-3-5-8-22/h3-14,26,30H,2,15-21H2,1H3. The zero-order valence-corrected chi connectivity index (χ0v) is 20.1. The van der Waals surface area contributed by atoms with Crippen molar-refractivity contribution < 1.29 is 9.47 Å². The molecular formula is C28H33ClN2O2. The Kier molecular flexibility index (Phi) is 8.65. The van der Waals surface area contributed by atoms with Crippen LogP contribution in [0.5, 0.6) is 11.5 Å². The lowest BCUT2D eigenvalue weighted by Gasteiger charge is -2.32. The van der Waals surface area contributed by atoms with Gasteiger partial charge < -0.3 is 14.8 Å². The minimum atomic E-state index is 0.478. The van der Waals surface area contributed by atoms with E-state index in [0.29, 0.717) is 19.3 Å². The second-order valence-electron chi connectivity index (χ2n) is 8.51. The van der Waals surface area contributed by atoms with Crippen LogP contribution in [0, 0.1) is 0 Å². The van der Waals surface area contributed by atoms with Gasteiger partial charge in [0.1, 0.15) is 6.61 Å². The van der Waals surface area contributed by atoms with Crippen LogP contribution in [0.4, 0.5) is 0 Å². The van der Waals surface area contributed by atoms with Crippen molar-refractivity contribution in [3.63, 3.8) is 0 Å². The largest absolute Gasteiger partial charge is 0.490 e. The van der Waals surface area contributed by atoms with Crippen molar-refractivity contribution in [2.24, 2.45) is 0 Å². The van der Waals surface area contributed by atoms with E-state index in [1.807, 2.05) is 43.3 Å². The molecule has 0 saturated carbocycles. The summed E-state index contributed by atoms with van der Waals surface area (Å²) in [5.74, 6) is 1.62. The molecule has 1 heterocycles. The van der Waals surface area contributed by atoms with Crippen LogP contribution in [0.1, 0.15) is 36.5 Å². The molecule has 0 spiro atoms. The van der Waals surface area contributed by atoms with E-state index in [-0.39, 0.29) is 0 Å². The van der Waals surface area contributed by atoms with Gasteiger partial charge in [-0.2, -0.15) is 0 Å². The Morgan fingerprint density at radius 2 is 1.64 bits per heavy atom. The van der Waals surface area contributed by atoms with Crippen LogP contribution < -0.4 is 14.8 Å². The van der Waals surface area contributed by atoms with Gasteiger partial charge in [-0.05, 0) is 62.2 Å².